The summed E-state index contributed by atoms with van der Waals surface area (Å²) in [5, 5.41) is 3.57. The van der Waals surface area contributed by atoms with Crippen LogP contribution in [0.3, 0.4) is 0 Å². The average molecular weight is 284 g/mol. The van der Waals surface area contributed by atoms with E-state index in [0.717, 1.165) is 13.0 Å². The SMILES string of the molecule is CCNC(Cc1ccc(OC)nc1)c1cc(C)cc(C)c1. The van der Waals surface area contributed by atoms with Crippen LogP contribution in [0.15, 0.2) is 36.5 Å². The normalized spacial score (nSPS) is 12.2. The van der Waals surface area contributed by atoms with E-state index < -0.39 is 0 Å². The van der Waals surface area contributed by atoms with Crippen LogP contribution in [0, 0.1) is 13.8 Å². The van der Waals surface area contributed by atoms with Gasteiger partial charge in [0.05, 0.1) is 7.11 Å². The van der Waals surface area contributed by atoms with Gasteiger partial charge in [0.15, 0.2) is 0 Å². The maximum Gasteiger partial charge on any atom is 0.212 e. The van der Waals surface area contributed by atoms with Crippen molar-refractivity contribution >= 4 is 0 Å². The number of benzene rings is 1. The Morgan fingerprint density at radius 2 is 1.86 bits per heavy atom. The number of aryl methyl sites for hydroxylation is 2. The molecule has 1 heterocycles. The lowest BCUT2D eigenvalue weighted by atomic mass is 9.96. The highest BCUT2D eigenvalue weighted by Crippen LogP contribution is 2.21. The van der Waals surface area contributed by atoms with Gasteiger partial charge in [0.1, 0.15) is 0 Å². The molecule has 0 radical (unpaired) electrons. The van der Waals surface area contributed by atoms with E-state index in [9.17, 15) is 0 Å². The molecule has 0 aliphatic rings. The third-order valence-corrected chi connectivity index (χ3v) is 3.54. The summed E-state index contributed by atoms with van der Waals surface area (Å²) in [6.07, 6.45) is 2.82. The summed E-state index contributed by atoms with van der Waals surface area (Å²) in [7, 11) is 1.64. The van der Waals surface area contributed by atoms with Gasteiger partial charge in [-0.1, -0.05) is 42.3 Å². The molecule has 0 fully saturated rings. The molecule has 0 bridgehead atoms. The lowest BCUT2D eigenvalue weighted by Crippen LogP contribution is -2.23. The Balaban J connectivity index is 2.21. The van der Waals surface area contributed by atoms with Crippen LogP contribution in [0.2, 0.25) is 0 Å². The fourth-order valence-corrected chi connectivity index (χ4v) is 2.65. The Morgan fingerprint density at radius 3 is 2.38 bits per heavy atom. The van der Waals surface area contributed by atoms with Gasteiger partial charge in [0.25, 0.3) is 0 Å². The third-order valence-electron chi connectivity index (χ3n) is 3.54. The second kappa shape index (κ2) is 7.23. The van der Waals surface area contributed by atoms with Crippen LogP contribution in [0.4, 0.5) is 0 Å². The van der Waals surface area contributed by atoms with Gasteiger partial charge in [-0.25, -0.2) is 4.98 Å². The molecule has 112 valence electrons. The number of methoxy groups -OCH3 is 1. The van der Waals surface area contributed by atoms with E-state index in [1.807, 2.05) is 12.3 Å². The number of rotatable bonds is 6. The molecule has 2 aromatic rings. The molecule has 0 aliphatic heterocycles. The zero-order chi connectivity index (χ0) is 15.2. The molecule has 0 amide bonds. The number of hydrogen-bond acceptors (Lipinski definition) is 3. The standard InChI is InChI=1S/C18H24N2O/c1-5-19-17(16-9-13(2)8-14(3)10-16)11-15-6-7-18(21-4)20-12-15/h6-10,12,17,19H,5,11H2,1-4H3. The molecule has 0 saturated heterocycles. The number of likely N-dealkylation sites (N-methyl/N-ethyl adjacent to an activating group) is 1. The number of aromatic nitrogens is 1. The average Bonchev–Trinajstić information content (AvgIpc) is 2.46. The van der Waals surface area contributed by atoms with Gasteiger partial charge in [0, 0.05) is 18.3 Å². The first-order valence-corrected chi connectivity index (χ1v) is 7.43. The molecule has 3 nitrogen and oxygen atoms in total. The van der Waals surface area contributed by atoms with E-state index in [0.29, 0.717) is 11.9 Å². The molecular formula is C18H24N2O. The minimum absolute atomic E-state index is 0.309. The Hall–Kier alpha value is -1.87. The molecular weight excluding hydrogens is 260 g/mol. The number of ether oxygens (including phenoxy) is 1. The largest absolute Gasteiger partial charge is 0.481 e. The highest BCUT2D eigenvalue weighted by atomic mass is 16.5. The van der Waals surface area contributed by atoms with Crippen molar-refractivity contribution in [1.82, 2.24) is 10.3 Å². The molecule has 1 unspecified atom stereocenters. The zero-order valence-electron chi connectivity index (χ0n) is 13.3. The quantitative estimate of drug-likeness (QED) is 0.880. The van der Waals surface area contributed by atoms with Crippen molar-refractivity contribution in [3.63, 3.8) is 0 Å². The Labute approximate surface area is 127 Å². The van der Waals surface area contributed by atoms with Gasteiger partial charge in [-0.2, -0.15) is 0 Å². The molecule has 0 spiro atoms. The third kappa shape index (κ3) is 4.30. The predicted octanol–water partition coefficient (Wildman–Crippen LogP) is 3.60. The van der Waals surface area contributed by atoms with Gasteiger partial charge < -0.3 is 10.1 Å². The first-order valence-electron chi connectivity index (χ1n) is 7.43. The summed E-state index contributed by atoms with van der Waals surface area (Å²) >= 11 is 0. The van der Waals surface area contributed by atoms with E-state index in [2.05, 4.69) is 55.3 Å². The summed E-state index contributed by atoms with van der Waals surface area (Å²) in [5.41, 5.74) is 5.16. The van der Waals surface area contributed by atoms with Gasteiger partial charge in [-0.15, -0.1) is 0 Å². The highest BCUT2D eigenvalue weighted by molar-refractivity contribution is 5.32. The van der Waals surface area contributed by atoms with Crippen LogP contribution in [-0.4, -0.2) is 18.6 Å². The van der Waals surface area contributed by atoms with E-state index in [1.54, 1.807) is 7.11 Å². The van der Waals surface area contributed by atoms with E-state index in [-0.39, 0.29) is 0 Å². The maximum absolute atomic E-state index is 5.11. The molecule has 0 aliphatic carbocycles. The number of pyridine rings is 1. The van der Waals surface area contributed by atoms with Gasteiger partial charge in [0.2, 0.25) is 5.88 Å². The topological polar surface area (TPSA) is 34.1 Å². The summed E-state index contributed by atoms with van der Waals surface area (Å²) in [6, 6.07) is 11.0. The van der Waals surface area contributed by atoms with Gasteiger partial charge in [-0.3, -0.25) is 0 Å². The van der Waals surface area contributed by atoms with Crippen molar-refractivity contribution in [1.29, 1.82) is 0 Å². The fraction of sp³-hybridized carbons (Fsp3) is 0.389. The minimum atomic E-state index is 0.309. The number of hydrogen-bond donors (Lipinski definition) is 1. The van der Waals surface area contributed by atoms with Crippen LogP contribution >= 0.6 is 0 Å². The Bertz CT molecular complexity index is 558. The Morgan fingerprint density at radius 1 is 1.14 bits per heavy atom. The second-order valence-electron chi connectivity index (χ2n) is 5.44. The lowest BCUT2D eigenvalue weighted by Gasteiger charge is -2.19. The van der Waals surface area contributed by atoms with Crippen LogP contribution in [0.25, 0.3) is 0 Å². The summed E-state index contributed by atoms with van der Waals surface area (Å²) < 4.78 is 5.11. The molecule has 1 N–H and O–H groups in total. The van der Waals surface area contributed by atoms with E-state index in [4.69, 9.17) is 4.74 Å². The fourth-order valence-electron chi connectivity index (χ4n) is 2.65. The zero-order valence-corrected chi connectivity index (χ0v) is 13.3. The first kappa shape index (κ1) is 15.5. The second-order valence-corrected chi connectivity index (χ2v) is 5.44. The summed E-state index contributed by atoms with van der Waals surface area (Å²) in [4.78, 5) is 4.29. The molecule has 1 aromatic carbocycles. The van der Waals surface area contributed by atoms with Crippen LogP contribution in [-0.2, 0) is 6.42 Å². The molecule has 3 heteroatoms. The van der Waals surface area contributed by atoms with Gasteiger partial charge in [-0.05, 0) is 37.9 Å². The van der Waals surface area contributed by atoms with Crippen molar-refractivity contribution in [2.75, 3.05) is 13.7 Å². The molecule has 2 rings (SSSR count). The molecule has 1 atom stereocenters. The van der Waals surface area contributed by atoms with Crippen molar-refractivity contribution < 1.29 is 4.74 Å². The van der Waals surface area contributed by atoms with Gasteiger partial charge >= 0.3 is 0 Å². The smallest absolute Gasteiger partial charge is 0.212 e. The number of nitrogens with zero attached hydrogens (tertiary/aromatic N) is 1. The molecule has 21 heavy (non-hydrogen) atoms. The van der Waals surface area contributed by atoms with Crippen LogP contribution in [0.1, 0.15) is 35.2 Å². The van der Waals surface area contributed by atoms with Crippen molar-refractivity contribution in [3.8, 4) is 5.88 Å². The van der Waals surface area contributed by atoms with Crippen molar-refractivity contribution in [3.05, 3.63) is 58.8 Å². The van der Waals surface area contributed by atoms with Crippen molar-refractivity contribution in [2.45, 2.75) is 33.2 Å². The summed E-state index contributed by atoms with van der Waals surface area (Å²) in [5.74, 6) is 0.658. The molecule has 1 aromatic heterocycles. The van der Waals surface area contributed by atoms with E-state index >= 15 is 0 Å². The van der Waals surface area contributed by atoms with Crippen LogP contribution < -0.4 is 10.1 Å². The predicted molar refractivity (Wildman–Crippen MR) is 86.8 cm³/mol. The first-order chi connectivity index (χ1) is 10.1. The lowest BCUT2D eigenvalue weighted by molar-refractivity contribution is 0.397. The summed E-state index contributed by atoms with van der Waals surface area (Å²) in [6.45, 7) is 7.38. The highest BCUT2D eigenvalue weighted by Gasteiger charge is 2.12. The van der Waals surface area contributed by atoms with E-state index in [1.165, 1.54) is 22.3 Å². The maximum atomic E-state index is 5.11. The van der Waals surface area contributed by atoms with Crippen LogP contribution in [0.5, 0.6) is 5.88 Å². The monoisotopic (exact) mass is 284 g/mol. The minimum Gasteiger partial charge on any atom is -0.481 e. The Kier molecular flexibility index (Phi) is 5.34. The van der Waals surface area contributed by atoms with Crippen molar-refractivity contribution in [2.24, 2.45) is 0 Å². The number of nitrogens with one attached hydrogen (secondary N) is 1. The molecule has 0 saturated carbocycles.